The molecule has 0 aliphatic heterocycles. The van der Waals surface area contributed by atoms with Gasteiger partial charge in [-0.1, -0.05) is 12.1 Å². The van der Waals surface area contributed by atoms with Crippen LogP contribution < -0.4 is 10.2 Å². The number of ether oxygens (including phenoxy) is 1. The second-order valence-corrected chi connectivity index (χ2v) is 5.04. The molecule has 0 spiro atoms. The summed E-state index contributed by atoms with van der Waals surface area (Å²) >= 11 is 0. The van der Waals surface area contributed by atoms with Crippen molar-refractivity contribution in [3.8, 4) is 17.2 Å². The lowest BCUT2D eigenvalue weighted by molar-refractivity contribution is -0.139. The highest BCUT2D eigenvalue weighted by Gasteiger charge is 2.07. The van der Waals surface area contributed by atoms with Gasteiger partial charge in [-0.05, 0) is 29.8 Å². The van der Waals surface area contributed by atoms with Crippen molar-refractivity contribution in [1.29, 1.82) is 0 Å². The van der Waals surface area contributed by atoms with Gasteiger partial charge >= 0.3 is 5.97 Å². The van der Waals surface area contributed by atoms with Gasteiger partial charge in [-0.15, -0.1) is 0 Å². The normalized spacial score (nSPS) is 10.6. The first-order chi connectivity index (χ1) is 11.9. The molecule has 0 unspecified atom stereocenters. The number of rotatable bonds is 7. The molecule has 8 nitrogen and oxygen atoms in total. The number of hydrogen-bond acceptors (Lipinski definition) is 6. The summed E-state index contributed by atoms with van der Waals surface area (Å²) in [5, 5.41) is 31.2. The molecular formula is C17H16N2O6. The molecule has 2 aromatic rings. The van der Waals surface area contributed by atoms with E-state index in [2.05, 4.69) is 10.5 Å². The number of carboxylic acid groups (broad SMARTS) is 1. The van der Waals surface area contributed by atoms with Gasteiger partial charge in [-0.2, -0.15) is 5.10 Å². The Morgan fingerprint density at radius 1 is 1.12 bits per heavy atom. The predicted octanol–water partition coefficient (Wildman–Crippen LogP) is 1.25. The number of carbonyl (C=O) groups is 2. The van der Waals surface area contributed by atoms with Crippen LogP contribution in [-0.4, -0.2) is 40.0 Å². The van der Waals surface area contributed by atoms with Crippen molar-refractivity contribution in [2.45, 2.75) is 6.42 Å². The zero-order valence-electron chi connectivity index (χ0n) is 13.0. The van der Waals surface area contributed by atoms with Gasteiger partial charge in [-0.25, -0.2) is 10.2 Å². The van der Waals surface area contributed by atoms with Crippen molar-refractivity contribution in [3.05, 3.63) is 53.6 Å². The zero-order chi connectivity index (χ0) is 18.2. The molecule has 0 aromatic heterocycles. The van der Waals surface area contributed by atoms with Crippen molar-refractivity contribution in [2.75, 3.05) is 6.61 Å². The lowest BCUT2D eigenvalue weighted by Crippen LogP contribution is -2.19. The van der Waals surface area contributed by atoms with E-state index in [1.807, 2.05) is 0 Å². The molecular weight excluding hydrogens is 328 g/mol. The number of phenolic OH excluding ortho intramolecular Hbond substituents is 2. The number of hydrogen-bond donors (Lipinski definition) is 4. The van der Waals surface area contributed by atoms with Crippen molar-refractivity contribution >= 4 is 18.1 Å². The van der Waals surface area contributed by atoms with Gasteiger partial charge < -0.3 is 20.1 Å². The number of hydrazone groups is 1. The summed E-state index contributed by atoms with van der Waals surface area (Å²) in [5.74, 6) is -1.46. The fraction of sp³-hybridized carbons (Fsp3) is 0.118. The van der Waals surface area contributed by atoms with E-state index in [-0.39, 0.29) is 23.7 Å². The van der Waals surface area contributed by atoms with Crippen LogP contribution in [0.5, 0.6) is 17.2 Å². The lowest BCUT2D eigenvalue weighted by atomic mass is 10.1. The van der Waals surface area contributed by atoms with Crippen molar-refractivity contribution in [3.63, 3.8) is 0 Å². The van der Waals surface area contributed by atoms with Gasteiger partial charge in [0.2, 0.25) is 5.91 Å². The molecule has 0 saturated heterocycles. The van der Waals surface area contributed by atoms with Crippen LogP contribution in [-0.2, 0) is 16.0 Å². The number of amides is 1. The summed E-state index contributed by atoms with van der Waals surface area (Å²) in [7, 11) is 0. The zero-order valence-corrected chi connectivity index (χ0v) is 13.0. The first-order valence-electron chi connectivity index (χ1n) is 7.21. The number of carbonyl (C=O) groups excluding carboxylic acids is 1. The van der Waals surface area contributed by atoms with Crippen LogP contribution in [0.15, 0.2) is 47.6 Å². The molecule has 0 heterocycles. The molecule has 4 N–H and O–H groups in total. The maximum Gasteiger partial charge on any atom is 0.341 e. The summed E-state index contributed by atoms with van der Waals surface area (Å²) in [6, 6.07) is 10.4. The van der Waals surface area contributed by atoms with Crippen molar-refractivity contribution < 1.29 is 29.6 Å². The van der Waals surface area contributed by atoms with Crippen molar-refractivity contribution in [2.24, 2.45) is 5.10 Å². The molecule has 0 radical (unpaired) electrons. The Labute approximate surface area is 143 Å². The molecule has 2 rings (SSSR count). The lowest BCUT2D eigenvalue weighted by Gasteiger charge is -2.07. The van der Waals surface area contributed by atoms with Gasteiger partial charge in [0.05, 0.1) is 12.6 Å². The van der Waals surface area contributed by atoms with Gasteiger partial charge in [0.1, 0.15) is 17.2 Å². The maximum atomic E-state index is 11.8. The average Bonchev–Trinajstić information content (AvgIpc) is 2.54. The third kappa shape index (κ3) is 5.87. The third-order valence-corrected chi connectivity index (χ3v) is 3.02. The second-order valence-electron chi connectivity index (χ2n) is 5.04. The number of aliphatic carboxylic acids is 1. The summed E-state index contributed by atoms with van der Waals surface area (Å²) in [6.07, 6.45) is 1.31. The molecule has 0 saturated carbocycles. The number of phenols is 2. The van der Waals surface area contributed by atoms with Crippen LogP contribution in [0.4, 0.5) is 0 Å². The molecule has 8 heteroatoms. The Morgan fingerprint density at radius 2 is 1.88 bits per heavy atom. The molecule has 2 aromatic carbocycles. The van der Waals surface area contributed by atoms with E-state index in [4.69, 9.17) is 9.84 Å². The van der Waals surface area contributed by atoms with E-state index in [9.17, 15) is 19.8 Å². The van der Waals surface area contributed by atoms with E-state index >= 15 is 0 Å². The Bertz CT molecular complexity index is 803. The minimum atomic E-state index is -1.16. The topological polar surface area (TPSA) is 128 Å². The van der Waals surface area contributed by atoms with Gasteiger partial charge in [0.15, 0.2) is 6.61 Å². The number of nitrogens with one attached hydrogen (secondary N) is 1. The van der Waals surface area contributed by atoms with E-state index in [0.29, 0.717) is 11.1 Å². The van der Waals surface area contributed by atoms with E-state index in [0.717, 1.165) is 0 Å². The number of benzene rings is 2. The fourth-order valence-electron chi connectivity index (χ4n) is 1.96. The quantitative estimate of drug-likeness (QED) is 0.442. The Hall–Kier alpha value is -3.55. The highest BCUT2D eigenvalue weighted by atomic mass is 16.5. The van der Waals surface area contributed by atoms with E-state index < -0.39 is 18.5 Å². The number of carboxylic acids is 1. The molecule has 0 aliphatic carbocycles. The molecule has 0 bridgehead atoms. The molecule has 1 amide bonds. The number of aromatic hydroxyl groups is 2. The summed E-state index contributed by atoms with van der Waals surface area (Å²) in [4.78, 5) is 22.4. The van der Waals surface area contributed by atoms with Crippen LogP contribution in [0, 0.1) is 0 Å². The van der Waals surface area contributed by atoms with E-state index in [1.54, 1.807) is 12.1 Å². The minimum Gasteiger partial charge on any atom is -0.508 e. The van der Waals surface area contributed by atoms with Crippen LogP contribution in [0.3, 0.4) is 0 Å². The Kier molecular flexibility index (Phi) is 5.94. The van der Waals surface area contributed by atoms with Crippen LogP contribution in [0.25, 0.3) is 0 Å². The third-order valence-electron chi connectivity index (χ3n) is 3.02. The van der Waals surface area contributed by atoms with E-state index in [1.165, 1.54) is 36.5 Å². The molecule has 130 valence electrons. The highest BCUT2D eigenvalue weighted by molar-refractivity contribution is 5.86. The molecule has 0 atom stereocenters. The maximum absolute atomic E-state index is 11.8. The monoisotopic (exact) mass is 344 g/mol. The predicted molar refractivity (Wildman–Crippen MR) is 88.8 cm³/mol. The smallest absolute Gasteiger partial charge is 0.341 e. The summed E-state index contributed by atoms with van der Waals surface area (Å²) in [6.45, 7) is -0.575. The standard InChI is InChI=1S/C17H16N2O6/c20-13-3-1-2-11(6-13)7-16(22)19-18-9-12-4-5-14(21)8-15(12)25-10-17(23)24/h1-6,8-9,20-21H,7,10H2,(H,19,22)(H,23,24). The second kappa shape index (κ2) is 8.34. The van der Waals surface area contributed by atoms with Crippen LogP contribution in [0.2, 0.25) is 0 Å². The Morgan fingerprint density at radius 3 is 2.60 bits per heavy atom. The van der Waals surface area contributed by atoms with Crippen LogP contribution >= 0.6 is 0 Å². The minimum absolute atomic E-state index is 0.0314. The average molecular weight is 344 g/mol. The fourth-order valence-corrected chi connectivity index (χ4v) is 1.96. The summed E-state index contributed by atoms with van der Waals surface area (Å²) < 4.78 is 5.05. The SMILES string of the molecule is O=C(O)COc1cc(O)ccc1C=NNC(=O)Cc1cccc(O)c1. The van der Waals surface area contributed by atoms with Crippen molar-refractivity contribution in [1.82, 2.24) is 5.43 Å². The molecule has 0 aliphatic rings. The first kappa shape index (κ1) is 17.8. The summed E-state index contributed by atoms with van der Waals surface area (Å²) in [5.41, 5.74) is 3.33. The van der Waals surface area contributed by atoms with Crippen LogP contribution in [0.1, 0.15) is 11.1 Å². The van der Waals surface area contributed by atoms with Gasteiger partial charge in [-0.3, -0.25) is 4.79 Å². The molecule has 0 fully saturated rings. The first-order valence-corrected chi connectivity index (χ1v) is 7.21. The van der Waals surface area contributed by atoms with Gasteiger partial charge in [0, 0.05) is 11.6 Å². The Balaban J connectivity index is 1.99. The largest absolute Gasteiger partial charge is 0.508 e. The van der Waals surface area contributed by atoms with Gasteiger partial charge in [0.25, 0.3) is 0 Å². The number of nitrogens with zero attached hydrogens (tertiary/aromatic N) is 1. The molecule has 25 heavy (non-hydrogen) atoms. The highest BCUT2D eigenvalue weighted by Crippen LogP contribution is 2.22.